The van der Waals surface area contributed by atoms with Crippen LogP contribution in [0.3, 0.4) is 0 Å². The highest BCUT2D eigenvalue weighted by Crippen LogP contribution is 2.29. The van der Waals surface area contributed by atoms with E-state index in [1.807, 2.05) is 18.2 Å². The molecule has 2 aromatic rings. The molecule has 18 heavy (non-hydrogen) atoms. The SMILES string of the molecule is COc1c(C(=O)N(C)C)cnc2ccc(I)cc12. The van der Waals surface area contributed by atoms with E-state index < -0.39 is 0 Å². The van der Waals surface area contributed by atoms with Gasteiger partial charge in [0.25, 0.3) is 5.91 Å². The lowest BCUT2D eigenvalue weighted by Gasteiger charge is -2.14. The van der Waals surface area contributed by atoms with Gasteiger partial charge in [-0.25, -0.2) is 0 Å². The molecule has 0 aliphatic heterocycles. The van der Waals surface area contributed by atoms with Crippen LogP contribution in [0.15, 0.2) is 24.4 Å². The minimum Gasteiger partial charge on any atom is -0.495 e. The number of rotatable bonds is 2. The van der Waals surface area contributed by atoms with E-state index in [1.54, 1.807) is 27.4 Å². The van der Waals surface area contributed by atoms with Crippen LogP contribution < -0.4 is 4.74 Å². The predicted molar refractivity (Wildman–Crippen MR) is 79.0 cm³/mol. The molecular formula is C13H13IN2O2. The summed E-state index contributed by atoms with van der Waals surface area (Å²) in [6.45, 7) is 0. The Balaban J connectivity index is 2.73. The maximum atomic E-state index is 12.1. The first-order valence-electron chi connectivity index (χ1n) is 5.38. The largest absolute Gasteiger partial charge is 0.495 e. The van der Waals surface area contributed by atoms with Gasteiger partial charge in [0.2, 0.25) is 0 Å². The molecule has 0 atom stereocenters. The minimum atomic E-state index is -0.111. The van der Waals surface area contributed by atoms with Crippen LogP contribution in [-0.4, -0.2) is 37.0 Å². The summed E-state index contributed by atoms with van der Waals surface area (Å²) in [6.07, 6.45) is 1.57. The first-order valence-corrected chi connectivity index (χ1v) is 6.46. The third-order valence-corrected chi connectivity index (χ3v) is 3.29. The molecule has 0 aliphatic carbocycles. The van der Waals surface area contributed by atoms with Gasteiger partial charge < -0.3 is 9.64 Å². The summed E-state index contributed by atoms with van der Waals surface area (Å²) in [5.74, 6) is 0.470. The van der Waals surface area contributed by atoms with E-state index in [1.165, 1.54) is 4.90 Å². The lowest BCUT2D eigenvalue weighted by Crippen LogP contribution is -2.22. The van der Waals surface area contributed by atoms with Gasteiger partial charge in [-0.15, -0.1) is 0 Å². The van der Waals surface area contributed by atoms with Crippen LogP contribution in [0.25, 0.3) is 10.9 Å². The van der Waals surface area contributed by atoms with Crippen molar-refractivity contribution in [2.75, 3.05) is 21.2 Å². The first-order chi connectivity index (χ1) is 8.54. The second kappa shape index (κ2) is 5.09. The summed E-state index contributed by atoms with van der Waals surface area (Å²) in [4.78, 5) is 17.9. The summed E-state index contributed by atoms with van der Waals surface area (Å²) in [7, 11) is 4.99. The summed E-state index contributed by atoms with van der Waals surface area (Å²) in [5, 5.41) is 0.858. The summed E-state index contributed by atoms with van der Waals surface area (Å²) in [5.41, 5.74) is 1.31. The number of carbonyl (C=O) groups is 1. The number of aromatic nitrogens is 1. The molecule has 0 spiro atoms. The Morgan fingerprint density at radius 1 is 1.39 bits per heavy atom. The lowest BCUT2D eigenvalue weighted by molar-refractivity contribution is 0.0824. The van der Waals surface area contributed by atoms with Crippen LogP contribution in [0.4, 0.5) is 0 Å². The van der Waals surface area contributed by atoms with Gasteiger partial charge in [0.15, 0.2) is 0 Å². The summed E-state index contributed by atoms with van der Waals surface area (Å²) >= 11 is 2.22. The molecule has 0 unspecified atom stereocenters. The Morgan fingerprint density at radius 3 is 2.72 bits per heavy atom. The standard InChI is InChI=1S/C13H13IN2O2/c1-16(2)13(17)10-7-15-11-5-4-8(14)6-9(11)12(10)18-3/h4-7H,1-3H3. The van der Waals surface area contributed by atoms with E-state index in [9.17, 15) is 4.79 Å². The van der Waals surface area contributed by atoms with E-state index in [2.05, 4.69) is 27.6 Å². The second-order valence-corrected chi connectivity index (χ2v) is 5.31. The zero-order valence-electron chi connectivity index (χ0n) is 10.4. The van der Waals surface area contributed by atoms with E-state index >= 15 is 0 Å². The number of carbonyl (C=O) groups excluding carboxylic acids is 1. The molecule has 0 saturated heterocycles. The zero-order valence-corrected chi connectivity index (χ0v) is 12.6. The highest BCUT2D eigenvalue weighted by atomic mass is 127. The molecule has 1 heterocycles. The smallest absolute Gasteiger partial charge is 0.258 e. The number of fused-ring (bicyclic) bond motifs is 1. The highest BCUT2D eigenvalue weighted by Gasteiger charge is 2.17. The van der Waals surface area contributed by atoms with Gasteiger partial charge in [0, 0.05) is 29.2 Å². The van der Waals surface area contributed by atoms with Gasteiger partial charge in [-0.2, -0.15) is 0 Å². The van der Waals surface area contributed by atoms with Crippen LogP contribution in [0.5, 0.6) is 5.75 Å². The van der Waals surface area contributed by atoms with Crippen molar-refractivity contribution in [2.45, 2.75) is 0 Å². The van der Waals surface area contributed by atoms with Crippen LogP contribution >= 0.6 is 22.6 Å². The maximum absolute atomic E-state index is 12.1. The van der Waals surface area contributed by atoms with Crippen molar-refractivity contribution >= 4 is 39.4 Å². The monoisotopic (exact) mass is 356 g/mol. The number of amides is 1. The second-order valence-electron chi connectivity index (χ2n) is 4.07. The third-order valence-electron chi connectivity index (χ3n) is 2.62. The van der Waals surface area contributed by atoms with Gasteiger partial charge in [-0.1, -0.05) is 0 Å². The Morgan fingerprint density at radius 2 is 2.11 bits per heavy atom. The highest BCUT2D eigenvalue weighted by molar-refractivity contribution is 14.1. The fourth-order valence-corrected chi connectivity index (χ4v) is 2.24. The number of ether oxygens (including phenoxy) is 1. The summed E-state index contributed by atoms with van der Waals surface area (Å²) < 4.78 is 6.47. The lowest BCUT2D eigenvalue weighted by atomic mass is 10.1. The molecule has 0 fully saturated rings. The van der Waals surface area contributed by atoms with Gasteiger partial charge in [-0.05, 0) is 40.8 Å². The average molecular weight is 356 g/mol. The van der Waals surface area contributed by atoms with Crippen molar-refractivity contribution in [3.8, 4) is 5.75 Å². The molecule has 1 aromatic heterocycles. The number of nitrogens with zero attached hydrogens (tertiary/aromatic N) is 2. The normalized spacial score (nSPS) is 10.4. The van der Waals surface area contributed by atoms with Gasteiger partial charge in [0.05, 0.1) is 12.6 Å². The Hall–Kier alpha value is -1.37. The molecule has 0 aliphatic rings. The van der Waals surface area contributed by atoms with E-state index in [-0.39, 0.29) is 5.91 Å². The molecule has 4 nitrogen and oxygen atoms in total. The number of hydrogen-bond acceptors (Lipinski definition) is 3. The molecule has 1 amide bonds. The Kier molecular flexibility index (Phi) is 3.70. The fourth-order valence-electron chi connectivity index (χ4n) is 1.75. The zero-order chi connectivity index (χ0) is 13.3. The Bertz CT molecular complexity index is 611. The molecule has 0 N–H and O–H groups in total. The van der Waals surface area contributed by atoms with E-state index in [0.717, 1.165) is 14.5 Å². The topological polar surface area (TPSA) is 42.4 Å². The maximum Gasteiger partial charge on any atom is 0.258 e. The molecule has 0 bridgehead atoms. The quantitative estimate of drug-likeness (QED) is 0.777. The Labute approximate surface area is 119 Å². The number of methoxy groups -OCH3 is 1. The molecule has 2 rings (SSSR count). The number of hydrogen-bond donors (Lipinski definition) is 0. The first kappa shape index (κ1) is 13.1. The van der Waals surface area contributed by atoms with E-state index in [4.69, 9.17) is 4.74 Å². The third kappa shape index (κ3) is 2.27. The van der Waals surface area contributed by atoms with Gasteiger partial charge in [-0.3, -0.25) is 9.78 Å². The van der Waals surface area contributed by atoms with Crippen LogP contribution in [0.2, 0.25) is 0 Å². The molecule has 0 saturated carbocycles. The van der Waals surface area contributed by atoms with Crippen LogP contribution in [-0.2, 0) is 0 Å². The fraction of sp³-hybridized carbons (Fsp3) is 0.231. The van der Waals surface area contributed by atoms with Gasteiger partial charge >= 0.3 is 0 Å². The van der Waals surface area contributed by atoms with Crippen LogP contribution in [0, 0.1) is 3.57 Å². The van der Waals surface area contributed by atoms with Crippen LogP contribution in [0.1, 0.15) is 10.4 Å². The van der Waals surface area contributed by atoms with Crippen molar-refractivity contribution in [1.29, 1.82) is 0 Å². The molecular weight excluding hydrogens is 343 g/mol. The van der Waals surface area contributed by atoms with Crippen molar-refractivity contribution in [1.82, 2.24) is 9.88 Å². The average Bonchev–Trinajstić information content (AvgIpc) is 2.36. The summed E-state index contributed by atoms with van der Waals surface area (Å²) in [6, 6.07) is 5.86. The molecule has 1 aromatic carbocycles. The van der Waals surface area contributed by atoms with Crippen molar-refractivity contribution in [3.63, 3.8) is 0 Å². The number of benzene rings is 1. The number of pyridine rings is 1. The number of halogens is 1. The molecule has 0 radical (unpaired) electrons. The molecule has 94 valence electrons. The minimum absolute atomic E-state index is 0.111. The van der Waals surface area contributed by atoms with Gasteiger partial charge in [0.1, 0.15) is 11.3 Å². The molecule has 5 heteroatoms. The van der Waals surface area contributed by atoms with E-state index in [0.29, 0.717) is 11.3 Å². The predicted octanol–water partition coefficient (Wildman–Crippen LogP) is 2.55. The van der Waals surface area contributed by atoms with Crippen molar-refractivity contribution < 1.29 is 9.53 Å². The van der Waals surface area contributed by atoms with Crippen molar-refractivity contribution in [3.05, 3.63) is 33.5 Å². The van der Waals surface area contributed by atoms with Crippen molar-refractivity contribution in [2.24, 2.45) is 0 Å².